The predicted molar refractivity (Wildman–Crippen MR) is 115 cm³/mol. The first kappa shape index (κ1) is 23.3. The molecule has 32 heavy (non-hydrogen) atoms. The Hall–Kier alpha value is -3.40. The lowest BCUT2D eigenvalue weighted by atomic mass is 10.1. The van der Waals surface area contributed by atoms with Crippen molar-refractivity contribution in [3.63, 3.8) is 0 Å². The van der Waals surface area contributed by atoms with Crippen LogP contribution in [0, 0.1) is 6.92 Å². The Balaban J connectivity index is 1.44. The fraction of sp³-hybridized carbons (Fsp3) is 0.318. The molecule has 0 fully saturated rings. The second-order valence-electron chi connectivity index (χ2n) is 7.07. The number of hydrogen-bond donors (Lipinski definition) is 2. The lowest BCUT2D eigenvalue weighted by molar-refractivity contribution is -0.176. The first-order valence-corrected chi connectivity index (χ1v) is 9.96. The largest absolute Gasteiger partial charge is 0.411 e. The van der Waals surface area contributed by atoms with Crippen molar-refractivity contribution in [3.05, 3.63) is 77.5 Å². The second kappa shape index (κ2) is 10.8. The minimum Gasteiger partial charge on any atom is -0.367 e. The highest BCUT2D eigenvalue weighted by Gasteiger charge is 2.27. The first-order chi connectivity index (χ1) is 15.3. The summed E-state index contributed by atoms with van der Waals surface area (Å²) < 4.78 is 43.0. The van der Waals surface area contributed by atoms with E-state index in [0.717, 1.165) is 22.8 Å². The van der Waals surface area contributed by atoms with Gasteiger partial charge in [-0.15, -0.1) is 0 Å². The van der Waals surface area contributed by atoms with Crippen LogP contribution in [0.15, 0.2) is 60.0 Å². The summed E-state index contributed by atoms with van der Waals surface area (Å²) in [5.74, 6) is 2.30. The summed E-state index contributed by atoms with van der Waals surface area (Å²) in [6.45, 7) is 1.65. The van der Waals surface area contributed by atoms with Crippen molar-refractivity contribution in [1.82, 2.24) is 25.2 Å². The van der Waals surface area contributed by atoms with Crippen LogP contribution >= 0.6 is 0 Å². The average molecular weight is 446 g/mol. The Labute approximate surface area is 184 Å². The molecule has 0 unspecified atom stereocenters. The van der Waals surface area contributed by atoms with Gasteiger partial charge in [0.2, 0.25) is 0 Å². The molecule has 7 nitrogen and oxygen atoms in total. The molecular formula is C22H25F3N6O. The highest BCUT2D eigenvalue weighted by Crippen LogP contribution is 2.16. The summed E-state index contributed by atoms with van der Waals surface area (Å²) >= 11 is 0. The molecule has 0 atom stereocenters. The molecular weight excluding hydrogens is 421 g/mol. The molecule has 2 N–H and O–H groups in total. The molecule has 3 rings (SSSR count). The molecule has 2 heterocycles. The van der Waals surface area contributed by atoms with Gasteiger partial charge in [0, 0.05) is 38.7 Å². The van der Waals surface area contributed by atoms with E-state index >= 15 is 0 Å². The summed E-state index contributed by atoms with van der Waals surface area (Å²) in [4.78, 5) is 12.9. The number of hydrogen-bond acceptors (Lipinski definition) is 4. The molecule has 0 aliphatic heterocycles. The fourth-order valence-electron chi connectivity index (χ4n) is 2.91. The monoisotopic (exact) mass is 446 g/mol. The van der Waals surface area contributed by atoms with E-state index in [0.29, 0.717) is 24.6 Å². The standard InChI is InChI=1S/C22H25F3N6O/c1-16-27-9-10-31(16)20-8-7-19(12-28-20)13-30-21(26-2)29-11-17-3-5-18(6-4-17)14-32-15-22(23,24)25/h3-10,12H,11,13-15H2,1-2H3,(H2,26,29,30). The first-order valence-electron chi connectivity index (χ1n) is 9.96. The Morgan fingerprint density at radius 3 is 2.22 bits per heavy atom. The van der Waals surface area contributed by atoms with E-state index in [2.05, 4.69) is 30.3 Å². The average Bonchev–Trinajstić information content (AvgIpc) is 3.20. The van der Waals surface area contributed by atoms with E-state index in [-0.39, 0.29) is 6.61 Å². The summed E-state index contributed by atoms with van der Waals surface area (Å²) in [7, 11) is 1.68. The maximum Gasteiger partial charge on any atom is 0.411 e. The molecule has 2 aromatic heterocycles. The van der Waals surface area contributed by atoms with Gasteiger partial charge in [0.1, 0.15) is 18.2 Å². The molecule has 0 aliphatic rings. The summed E-state index contributed by atoms with van der Waals surface area (Å²) in [5, 5.41) is 6.43. The zero-order valence-electron chi connectivity index (χ0n) is 17.9. The third kappa shape index (κ3) is 7.09. The second-order valence-corrected chi connectivity index (χ2v) is 7.07. The molecule has 0 radical (unpaired) electrons. The van der Waals surface area contributed by atoms with Gasteiger partial charge in [-0.1, -0.05) is 30.3 Å². The number of imidazole rings is 1. The quantitative estimate of drug-likeness (QED) is 0.409. The Bertz CT molecular complexity index is 1010. The van der Waals surface area contributed by atoms with Crippen molar-refractivity contribution in [1.29, 1.82) is 0 Å². The van der Waals surface area contributed by atoms with Crippen molar-refractivity contribution >= 4 is 5.96 Å². The number of aliphatic imine (C=N–C) groups is 1. The van der Waals surface area contributed by atoms with Crippen LogP contribution in [-0.2, 0) is 24.4 Å². The summed E-state index contributed by atoms with van der Waals surface area (Å²) in [5.41, 5.74) is 2.65. The van der Waals surface area contributed by atoms with Crippen molar-refractivity contribution < 1.29 is 17.9 Å². The van der Waals surface area contributed by atoms with Crippen LogP contribution in [0.5, 0.6) is 0 Å². The normalized spacial score (nSPS) is 12.1. The number of halogens is 3. The highest BCUT2D eigenvalue weighted by molar-refractivity contribution is 5.79. The Kier molecular flexibility index (Phi) is 7.82. The number of nitrogens with one attached hydrogen (secondary N) is 2. The minimum absolute atomic E-state index is 0.0797. The molecule has 0 amide bonds. The van der Waals surface area contributed by atoms with E-state index in [1.807, 2.05) is 42.0 Å². The molecule has 3 aromatic rings. The zero-order chi connectivity index (χ0) is 23.0. The van der Waals surface area contributed by atoms with Crippen LogP contribution in [0.3, 0.4) is 0 Å². The molecule has 0 spiro atoms. The van der Waals surface area contributed by atoms with Crippen molar-refractivity contribution in [2.45, 2.75) is 32.8 Å². The Morgan fingerprint density at radius 2 is 1.66 bits per heavy atom. The van der Waals surface area contributed by atoms with Crippen LogP contribution in [0.2, 0.25) is 0 Å². The van der Waals surface area contributed by atoms with Gasteiger partial charge < -0.3 is 15.4 Å². The number of aromatic nitrogens is 3. The fourth-order valence-corrected chi connectivity index (χ4v) is 2.91. The number of nitrogens with zero attached hydrogens (tertiary/aromatic N) is 4. The number of guanidine groups is 1. The van der Waals surface area contributed by atoms with E-state index in [1.165, 1.54) is 0 Å². The van der Waals surface area contributed by atoms with Crippen LogP contribution in [-0.4, -0.2) is 40.3 Å². The smallest absolute Gasteiger partial charge is 0.367 e. The van der Waals surface area contributed by atoms with Crippen LogP contribution in [0.4, 0.5) is 13.2 Å². The van der Waals surface area contributed by atoms with Gasteiger partial charge in [-0.3, -0.25) is 9.56 Å². The van der Waals surface area contributed by atoms with Crippen molar-refractivity contribution in [2.24, 2.45) is 4.99 Å². The van der Waals surface area contributed by atoms with E-state index in [4.69, 9.17) is 0 Å². The van der Waals surface area contributed by atoms with Crippen molar-refractivity contribution in [2.75, 3.05) is 13.7 Å². The maximum atomic E-state index is 12.1. The lowest BCUT2D eigenvalue weighted by Crippen LogP contribution is -2.36. The van der Waals surface area contributed by atoms with Gasteiger partial charge in [-0.05, 0) is 29.7 Å². The highest BCUT2D eigenvalue weighted by atomic mass is 19.4. The van der Waals surface area contributed by atoms with Crippen LogP contribution in [0.25, 0.3) is 5.82 Å². The summed E-state index contributed by atoms with van der Waals surface area (Å²) in [6.07, 6.45) is 1.08. The SMILES string of the molecule is CN=C(NCc1ccc(COCC(F)(F)F)cc1)NCc1ccc(-n2ccnc2C)nc1. The van der Waals surface area contributed by atoms with Gasteiger partial charge in [0.15, 0.2) is 5.96 Å². The number of benzene rings is 1. The van der Waals surface area contributed by atoms with Crippen LogP contribution < -0.4 is 10.6 Å². The molecule has 0 saturated carbocycles. The van der Waals surface area contributed by atoms with Crippen LogP contribution in [0.1, 0.15) is 22.5 Å². The van der Waals surface area contributed by atoms with Gasteiger partial charge >= 0.3 is 6.18 Å². The van der Waals surface area contributed by atoms with E-state index in [9.17, 15) is 13.2 Å². The third-order valence-electron chi connectivity index (χ3n) is 4.58. The van der Waals surface area contributed by atoms with Gasteiger partial charge in [-0.25, -0.2) is 9.97 Å². The number of ether oxygens (including phenoxy) is 1. The molecule has 0 saturated heterocycles. The van der Waals surface area contributed by atoms with Crippen molar-refractivity contribution in [3.8, 4) is 5.82 Å². The number of aryl methyl sites for hydroxylation is 1. The topological polar surface area (TPSA) is 76.4 Å². The van der Waals surface area contributed by atoms with Gasteiger partial charge in [0.05, 0.1) is 6.61 Å². The lowest BCUT2D eigenvalue weighted by Gasteiger charge is -2.13. The number of alkyl halides is 3. The maximum absolute atomic E-state index is 12.1. The predicted octanol–water partition coefficient (Wildman–Crippen LogP) is 3.52. The third-order valence-corrected chi connectivity index (χ3v) is 4.58. The molecule has 10 heteroatoms. The van der Waals surface area contributed by atoms with Gasteiger partial charge in [-0.2, -0.15) is 13.2 Å². The molecule has 170 valence electrons. The molecule has 0 bridgehead atoms. The summed E-state index contributed by atoms with van der Waals surface area (Å²) in [6, 6.07) is 11.1. The Morgan fingerprint density at radius 1 is 1.00 bits per heavy atom. The minimum atomic E-state index is -4.32. The zero-order valence-corrected chi connectivity index (χ0v) is 17.9. The van der Waals surface area contributed by atoms with Gasteiger partial charge in [0.25, 0.3) is 0 Å². The molecule has 0 aliphatic carbocycles. The number of pyridine rings is 1. The number of rotatable bonds is 8. The van der Waals surface area contributed by atoms with E-state index < -0.39 is 12.8 Å². The molecule has 1 aromatic carbocycles. The van der Waals surface area contributed by atoms with E-state index in [1.54, 1.807) is 31.6 Å².